The van der Waals surface area contributed by atoms with Crippen molar-refractivity contribution in [1.82, 2.24) is 9.88 Å². The molecule has 2 aromatic rings. The van der Waals surface area contributed by atoms with Crippen LogP contribution in [-0.2, 0) is 7.05 Å². The van der Waals surface area contributed by atoms with Crippen LogP contribution in [0.2, 0.25) is 0 Å². The first kappa shape index (κ1) is 17.5. The number of aliphatic hydroxyl groups is 1. The van der Waals surface area contributed by atoms with E-state index in [1.165, 1.54) is 12.1 Å². The normalized spacial score (nSPS) is 16.7. The Balaban J connectivity index is 1.81. The number of piperidine rings is 1. The van der Waals surface area contributed by atoms with Crippen molar-refractivity contribution >= 4 is 11.6 Å². The maximum Gasteiger partial charge on any atom is 0.268 e. The quantitative estimate of drug-likeness (QED) is 0.896. The predicted octanol–water partition coefficient (Wildman–Crippen LogP) is 2.62. The summed E-state index contributed by atoms with van der Waals surface area (Å²) < 4.78 is 15.6. The van der Waals surface area contributed by atoms with Gasteiger partial charge in [-0.25, -0.2) is 4.39 Å². The van der Waals surface area contributed by atoms with Crippen molar-refractivity contribution in [2.24, 2.45) is 7.05 Å². The van der Waals surface area contributed by atoms with Crippen LogP contribution in [0.4, 0.5) is 10.1 Å². The average Bonchev–Trinajstić information content (AvgIpc) is 3.02. The zero-order chi connectivity index (χ0) is 18.0. The number of hydrogen-bond donors (Lipinski definition) is 2. The maximum absolute atomic E-state index is 13.8. The van der Waals surface area contributed by atoms with Gasteiger partial charge in [0.1, 0.15) is 11.5 Å². The first-order valence-corrected chi connectivity index (χ1v) is 8.60. The number of nitrogens with zero attached hydrogens (tertiary/aromatic N) is 2. The Morgan fingerprint density at radius 2 is 2.04 bits per heavy atom. The van der Waals surface area contributed by atoms with E-state index in [-0.39, 0.29) is 23.9 Å². The minimum Gasteiger partial charge on any atom is -0.393 e. The first-order chi connectivity index (χ1) is 12.0. The van der Waals surface area contributed by atoms with Gasteiger partial charge in [0.05, 0.1) is 12.1 Å². The Kier molecular flexibility index (Phi) is 5.08. The molecule has 1 fully saturated rings. The second-order valence-corrected chi connectivity index (χ2v) is 6.62. The minimum absolute atomic E-state index is 0.190. The van der Waals surface area contributed by atoms with E-state index in [4.69, 9.17) is 0 Å². The lowest BCUT2D eigenvalue weighted by Crippen LogP contribution is -2.37. The largest absolute Gasteiger partial charge is 0.393 e. The van der Waals surface area contributed by atoms with E-state index in [2.05, 4.69) is 10.2 Å². The summed E-state index contributed by atoms with van der Waals surface area (Å²) >= 11 is 0. The third-order valence-electron chi connectivity index (χ3n) is 4.79. The number of aromatic nitrogens is 1. The summed E-state index contributed by atoms with van der Waals surface area (Å²) in [7, 11) is 1.81. The minimum atomic E-state index is -0.333. The van der Waals surface area contributed by atoms with Crippen molar-refractivity contribution in [3.8, 4) is 0 Å². The van der Waals surface area contributed by atoms with Crippen molar-refractivity contribution in [3.05, 3.63) is 53.6 Å². The van der Waals surface area contributed by atoms with Crippen molar-refractivity contribution in [3.63, 3.8) is 0 Å². The summed E-state index contributed by atoms with van der Waals surface area (Å²) in [5, 5.41) is 12.7. The van der Waals surface area contributed by atoms with Gasteiger partial charge >= 0.3 is 0 Å². The second kappa shape index (κ2) is 7.27. The first-order valence-electron chi connectivity index (χ1n) is 8.60. The SMILES string of the molecule is CC(NC(=O)c1cccn1C)c1cc(F)ccc1N1CCC(O)CC1. The fraction of sp³-hybridized carbons (Fsp3) is 0.421. The fourth-order valence-electron chi connectivity index (χ4n) is 3.31. The molecule has 1 saturated heterocycles. The number of anilines is 1. The molecule has 25 heavy (non-hydrogen) atoms. The molecule has 1 aliphatic rings. The standard InChI is InChI=1S/C19H24FN3O2/c1-13(21-19(25)18-4-3-9-22(18)2)16-12-14(20)5-6-17(16)23-10-7-15(24)8-11-23/h3-6,9,12-13,15,24H,7-8,10-11H2,1-2H3,(H,21,25). The van der Waals surface area contributed by atoms with Crippen LogP contribution < -0.4 is 10.2 Å². The molecule has 1 aromatic carbocycles. The average molecular weight is 345 g/mol. The molecule has 0 aliphatic carbocycles. The van der Waals surface area contributed by atoms with E-state index in [1.54, 1.807) is 16.7 Å². The lowest BCUT2D eigenvalue weighted by molar-refractivity contribution is 0.0931. The number of rotatable bonds is 4. The van der Waals surface area contributed by atoms with Gasteiger partial charge in [0.25, 0.3) is 5.91 Å². The van der Waals surface area contributed by atoms with Gasteiger partial charge < -0.3 is 19.9 Å². The Bertz CT molecular complexity index is 751. The molecule has 1 amide bonds. The Morgan fingerprint density at radius 3 is 2.68 bits per heavy atom. The highest BCUT2D eigenvalue weighted by molar-refractivity contribution is 5.93. The number of carbonyl (C=O) groups excluding carboxylic acids is 1. The zero-order valence-corrected chi connectivity index (χ0v) is 14.6. The molecule has 134 valence electrons. The van der Waals surface area contributed by atoms with E-state index in [9.17, 15) is 14.3 Å². The van der Waals surface area contributed by atoms with Gasteiger partial charge in [0.15, 0.2) is 0 Å². The Hall–Kier alpha value is -2.34. The molecular weight excluding hydrogens is 321 g/mol. The second-order valence-electron chi connectivity index (χ2n) is 6.62. The van der Waals surface area contributed by atoms with E-state index in [0.29, 0.717) is 18.5 Å². The molecule has 3 rings (SSSR count). The molecule has 0 saturated carbocycles. The third kappa shape index (κ3) is 3.85. The van der Waals surface area contributed by atoms with E-state index in [0.717, 1.165) is 24.3 Å². The fourth-order valence-corrected chi connectivity index (χ4v) is 3.31. The van der Waals surface area contributed by atoms with Crippen molar-refractivity contribution in [2.45, 2.75) is 31.9 Å². The van der Waals surface area contributed by atoms with Crippen LogP contribution in [0.5, 0.6) is 0 Å². The van der Waals surface area contributed by atoms with Gasteiger partial charge in [-0.3, -0.25) is 4.79 Å². The number of amides is 1. The maximum atomic E-state index is 13.8. The molecule has 1 atom stereocenters. The Labute approximate surface area is 147 Å². The van der Waals surface area contributed by atoms with Crippen LogP contribution in [-0.4, -0.2) is 34.8 Å². The lowest BCUT2D eigenvalue weighted by atomic mass is 10.0. The van der Waals surface area contributed by atoms with Gasteiger partial charge in [0.2, 0.25) is 0 Å². The van der Waals surface area contributed by atoms with Gasteiger partial charge in [-0.05, 0) is 50.1 Å². The third-order valence-corrected chi connectivity index (χ3v) is 4.79. The summed E-state index contributed by atoms with van der Waals surface area (Å²) in [5.41, 5.74) is 2.22. The summed E-state index contributed by atoms with van der Waals surface area (Å²) in [6, 6.07) is 7.91. The van der Waals surface area contributed by atoms with E-state index < -0.39 is 0 Å². The number of aliphatic hydroxyl groups excluding tert-OH is 1. The van der Waals surface area contributed by atoms with E-state index in [1.807, 2.05) is 26.2 Å². The number of carbonyl (C=O) groups is 1. The van der Waals surface area contributed by atoms with Crippen LogP contribution in [0.25, 0.3) is 0 Å². The molecule has 0 radical (unpaired) electrons. The molecule has 5 nitrogen and oxygen atoms in total. The predicted molar refractivity (Wildman–Crippen MR) is 95.1 cm³/mol. The van der Waals surface area contributed by atoms with Gasteiger partial charge in [0, 0.05) is 37.6 Å². The van der Waals surface area contributed by atoms with Crippen LogP contribution in [0, 0.1) is 5.82 Å². The Morgan fingerprint density at radius 1 is 1.32 bits per heavy atom. The zero-order valence-electron chi connectivity index (χ0n) is 14.6. The number of halogens is 1. The molecule has 2 heterocycles. The highest BCUT2D eigenvalue weighted by atomic mass is 19.1. The number of benzene rings is 1. The van der Waals surface area contributed by atoms with Gasteiger partial charge in [-0.2, -0.15) is 0 Å². The topological polar surface area (TPSA) is 57.5 Å². The molecule has 6 heteroatoms. The molecule has 1 aromatic heterocycles. The van der Waals surface area contributed by atoms with Crippen LogP contribution in [0.1, 0.15) is 41.9 Å². The highest BCUT2D eigenvalue weighted by Crippen LogP contribution is 2.30. The van der Waals surface area contributed by atoms with Gasteiger partial charge in [-0.1, -0.05) is 0 Å². The summed E-state index contributed by atoms with van der Waals surface area (Å²) in [6.07, 6.45) is 2.93. The summed E-state index contributed by atoms with van der Waals surface area (Å²) in [5.74, 6) is -0.514. The van der Waals surface area contributed by atoms with Crippen molar-refractivity contribution < 1.29 is 14.3 Å². The number of hydrogen-bond acceptors (Lipinski definition) is 3. The molecule has 0 spiro atoms. The monoisotopic (exact) mass is 345 g/mol. The van der Waals surface area contributed by atoms with Crippen LogP contribution >= 0.6 is 0 Å². The summed E-state index contributed by atoms with van der Waals surface area (Å²) in [6.45, 7) is 3.30. The molecule has 1 aliphatic heterocycles. The molecular formula is C19H24FN3O2. The molecule has 2 N–H and O–H groups in total. The summed E-state index contributed by atoms with van der Waals surface area (Å²) in [4.78, 5) is 14.6. The van der Waals surface area contributed by atoms with Crippen LogP contribution in [0.15, 0.2) is 36.5 Å². The number of nitrogens with one attached hydrogen (secondary N) is 1. The lowest BCUT2D eigenvalue weighted by Gasteiger charge is -2.34. The van der Waals surface area contributed by atoms with Gasteiger partial charge in [-0.15, -0.1) is 0 Å². The van der Waals surface area contributed by atoms with E-state index >= 15 is 0 Å². The molecule has 1 unspecified atom stereocenters. The van der Waals surface area contributed by atoms with Crippen LogP contribution in [0.3, 0.4) is 0 Å². The smallest absolute Gasteiger partial charge is 0.268 e. The molecule has 0 bridgehead atoms. The van der Waals surface area contributed by atoms with Crippen molar-refractivity contribution in [1.29, 1.82) is 0 Å². The highest BCUT2D eigenvalue weighted by Gasteiger charge is 2.23. The van der Waals surface area contributed by atoms with Crippen molar-refractivity contribution in [2.75, 3.05) is 18.0 Å². The number of aryl methyl sites for hydroxylation is 1.